The van der Waals surface area contributed by atoms with Crippen molar-refractivity contribution in [3.05, 3.63) is 64.7 Å². The maximum absolute atomic E-state index is 13.8. The topological polar surface area (TPSA) is 50.2 Å². The van der Waals surface area contributed by atoms with Crippen LogP contribution in [0.4, 0.5) is 4.39 Å². The van der Waals surface area contributed by atoms with Crippen molar-refractivity contribution in [2.45, 2.75) is 57.3 Å². The van der Waals surface area contributed by atoms with E-state index in [9.17, 15) is 14.3 Å². The van der Waals surface area contributed by atoms with Gasteiger partial charge in [-0.05, 0) is 103 Å². The Kier molecular flexibility index (Phi) is 4.08. The van der Waals surface area contributed by atoms with E-state index in [-0.39, 0.29) is 11.2 Å². The molecule has 1 aromatic heterocycles. The Bertz CT molecular complexity index is 942. The average molecular weight is 379 g/mol. The molecule has 0 bridgehead atoms. The van der Waals surface area contributed by atoms with Gasteiger partial charge in [-0.2, -0.15) is 0 Å². The zero-order valence-corrected chi connectivity index (χ0v) is 16.2. The van der Waals surface area contributed by atoms with Gasteiger partial charge in [-0.25, -0.2) is 9.18 Å². The van der Waals surface area contributed by atoms with E-state index >= 15 is 0 Å². The van der Waals surface area contributed by atoms with Crippen molar-refractivity contribution < 1.29 is 14.3 Å². The summed E-state index contributed by atoms with van der Waals surface area (Å²) in [4.78, 5) is 15.4. The van der Waals surface area contributed by atoms with Gasteiger partial charge >= 0.3 is 5.97 Å². The van der Waals surface area contributed by atoms with Gasteiger partial charge in [-0.3, -0.25) is 4.98 Å². The molecule has 2 aromatic rings. The molecule has 5 rings (SSSR count). The summed E-state index contributed by atoms with van der Waals surface area (Å²) >= 11 is 0. The SMILES string of the molecule is C[C@]12CC[C@@H]3c4ccc(C(=O)O)cc4CC[C@H]3[C@@H]1CC[C@@H]2c1cncc(F)c1. The molecule has 3 nitrogen and oxygen atoms in total. The van der Waals surface area contributed by atoms with Crippen LogP contribution >= 0.6 is 0 Å². The first-order valence-electron chi connectivity index (χ1n) is 10.4. The molecule has 0 saturated heterocycles. The fourth-order valence-corrected chi connectivity index (χ4v) is 6.88. The normalized spacial score (nSPS) is 33.6. The van der Waals surface area contributed by atoms with Crippen LogP contribution in [-0.2, 0) is 6.42 Å². The highest BCUT2D eigenvalue weighted by atomic mass is 19.1. The van der Waals surface area contributed by atoms with Crippen LogP contribution in [-0.4, -0.2) is 16.1 Å². The lowest BCUT2D eigenvalue weighted by molar-refractivity contribution is 0.0480. The third-order valence-electron chi connectivity index (χ3n) is 8.10. The molecule has 3 aliphatic carbocycles. The number of nitrogens with zero attached hydrogens (tertiary/aromatic N) is 1. The van der Waals surface area contributed by atoms with Gasteiger partial charge in [0.05, 0.1) is 11.8 Å². The predicted molar refractivity (Wildman–Crippen MR) is 105 cm³/mol. The van der Waals surface area contributed by atoms with Gasteiger partial charge in [0.15, 0.2) is 0 Å². The van der Waals surface area contributed by atoms with Crippen LogP contribution in [0.15, 0.2) is 36.7 Å². The molecule has 28 heavy (non-hydrogen) atoms. The molecule has 5 atom stereocenters. The third-order valence-corrected chi connectivity index (χ3v) is 8.10. The Hall–Kier alpha value is -2.23. The summed E-state index contributed by atoms with van der Waals surface area (Å²) in [6, 6.07) is 7.41. The summed E-state index contributed by atoms with van der Waals surface area (Å²) in [5.41, 5.74) is 4.27. The zero-order chi connectivity index (χ0) is 19.5. The van der Waals surface area contributed by atoms with Gasteiger partial charge in [0, 0.05) is 6.20 Å². The molecule has 146 valence electrons. The highest BCUT2D eigenvalue weighted by molar-refractivity contribution is 5.88. The zero-order valence-electron chi connectivity index (χ0n) is 16.2. The Labute approximate surface area is 165 Å². The molecular weight excluding hydrogens is 353 g/mol. The smallest absolute Gasteiger partial charge is 0.335 e. The molecular formula is C24H26FNO2. The van der Waals surface area contributed by atoms with Gasteiger partial charge < -0.3 is 5.11 Å². The number of aromatic carboxylic acids is 1. The number of carboxylic acid groups (broad SMARTS) is 1. The highest BCUT2D eigenvalue weighted by Crippen LogP contribution is 2.65. The molecule has 0 unspecified atom stereocenters. The van der Waals surface area contributed by atoms with Crippen LogP contribution in [0.5, 0.6) is 0 Å². The number of pyridine rings is 1. The molecule has 0 amide bonds. The van der Waals surface area contributed by atoms with E-state index in [1.165, 1.54) is 23.7 Å². The van der Waals surface area contributed by atoms with Crippen molar-refractivity contribution in [2.75, 3.05) is 0 Å². The minimum absolute atomic E-state index is 0.204. The van der Waals surface area contributed by atoms with E-state index < -0.39 is 5.97 Å². The third kappa shape index (κ3) is 2.61. The summed E-state index contributed by atoms with van der Waals surface area (Å²) in [7, 11) is 0. The first kappa shape index (κ1) is 17.8. The number of hydrogen-bond acceptors (Lipinski definition) is 2. The monoisotopic (exact) mass is 379 g/mol. The molecule has 4 heteroatoms. The van der Waals surface area contributed by atoms with Crippen LogP contribution < -0.4 is 0 Å². The molecule has 3 aliphatic rings. The second-order valence-corrected chi connectivity index (χ2v) is 9.25. The second-order valence-electron chi connectivity index (χ2n) is 9.25. The second kappa shape index (κ2) is 6.40. The number of carboxylic acids is 1. The van der Waals surface area contributed by atoms with Crippen LogP contribution in [0.25, 0.3) is 0 Å². The Morgan fingerprint density at radius 3 is 2.82 bits per heavy atom. The number of rotatable bonds is 2. The summed E-state index contributed by atoms with van der Waals surface area (Å²) in [6.45, 7) is 2.42. The largest absolute Gasteiger partial charge is 0.478 e. The summed E-state index contributed by atoms with van der Waals surface area (Å²) in [6.07, 6.45) is 9.83. The van der Waals surface area contributed by atoms with Crippen molar-refractivity contribution in [3.8, 4) is 0 Å². The lowest BCUT2D eigenvalue weighted by Gasteiger charge is -2.51. The molecule has 0 spiro atoms. The van der Waals surface area contributed by atoms with Crippen LogP contribution in [0, 0.1) is 23.1 Å². The summed E-state index contributed by atoms with van der Waals surface area (Å²) in [5.74, 6) is 1.13. The lowest BCUT2D eigenvalue weighted by atomic mass is 9.53. The Morgan fingerprint density at radius 1 is 1.18 bits per heavy atom. The van der Waals surface area contributed by atoms with E-state index in [4.69, 9.17) is 0 Å². The highest BCUT2D eigenvalue weighted by Gasteiger charge is 2.55. The number of hydrogen-bond donors (Lipinski definition) is 1. The number of carbonyl (C=O) groups is 1. The number of halogens is 1. The molecule has 1 N–H and O–H groups in total. The summed E-state index contributed by atoms with van der Waals surface area (Å²) < 4.78 is 13.8. The Morgan fingerprint density at radius 2 is 2.04 bits per heavy atom. The Balaban J connectivity index is 1.46. The molecule has 2 fully saturated rings. The fourth-order valence-electron chi connectivity index (χ4n) is 6.88. The standard InChI is InChI=1S/C24H26FNO2/c1-24-9-8-19-18-4-3-15(23(27)28)10-14(18)2-5-20(19)22(24)7-6-21(24)16-11-17(25)13-26-12-16/h3-4,10-13,19-22H,2,5-9H2,1H3,(H,27,28)/t19-,20-,21-,22+,24-/m1/s1. The summed E-state index contributed by atoms with van der Waals surface area (Å²) in [5, 5.41) is 9.30. The van der Waals surface area contributed by atoms with Gasteiger partial charge in [0.2, 0.25) is 0 Å². The lowest BCUT2D eigenvalue weighted by Crippen LogP contribution is -2.41. The molecule has 1 heterocycles. The first-order chi connectivity index (χ1) is 13.5. The van der Waals surface area contributed by atoms with Crippen LogP contribution in [0.3, 0.4) is 0 Å². The predicted octanol–water partition coefficient (Wildman–Crippen LogP) is 5.56. The van der Waals surface area contributed by atoms with Crippen LogP contribution in [0.2, 0.25) is 0 Å². The van der Waals surface area contributed by atoms with Crippen LogP contribution in [0.1, 0.15) is 77.9 Å². The molecule has 0 aliphatic heterocycles. The van der Waals surface area contributed by atoms with Crippen molar-refractivity contribution >= 4 is 5.97 Å². The van der Waals surface area contributed by atoms with Gasteiger partial charge in [0.1, 0.15) is 5.82 Å². The van der Waals surface area contributed by atoms with E-state index in [1.807, 2.05) is 12.3 Å². The van der Waals surface area contributed by atoms with Crippen molar-refractivity contribution in [1.29, 1.82) is 0 Å². The van der Waals surface area contributed by atoms with E-state index in [0.717, 1.165) is 37.7 Å². The van der Waals surface area contributed by atoms with E-state index in [2.05, 4.69) is 18.0 Å². The minimum Gasteiger partial charge on any atom is -0.478 e. The molecule has 1 aromatic carbocycles. The van der Waals surface area contributed by atoms with Gasteiger partial charge in [0.25, 0.3) is 0 Å². The van der Waals surface area contributed by atoms with Gasteiger partial charge in [-0.15, -0.1) is 0 Å². The maximum Gasteiger partial charge on any atom is 0.335 e. The molecule has 2 saturated carbocycles. The van der Waals surface area contributed by atoms with Gasteiger partial charge in [-0.1, -0.05) is 13.0 Å². The maximum atomic E-state index is 13.8. The van der Waals surface area contributed by atoms with E-state index in [0.29, 0.717) is 29.2 Å². The average Bonchev–Trinajstić information content (AvgIpc) is 3.04. The van der Waals surface area contributed by atoms with Crippen molar-refractivity contribution in [1.82, 2.24) is 4.98 Å². The number of benzene rings is 1. The number of aryl methyl sites for hydroxylation is 1. The first-order valence-corrected chi connectivity index (χ1v) is 10.4. The molecule has 0 radical (unpaired) electrons. The fraction of sp³-hybridized carbons (Fsp3) is 0.500. The van der Waals surface area contributed by atoms with Crippen molar-refractivity contribution in [3.63, 3.8) is 0 Å². The number of fused-ring (bicyclic) bond motifs is 5. The van der Waals surface area contributed by atoms with Crippen molar-refractivity contribution in [2.24, 2.45) is 17.3 Å². The number of aromatic nitrogens is 1. The minimum atomic E-state index is -0.844. The van der Waals surface area contributed by atoms with E-state index in [1.54, 1.807) is 12.1 Å². The quantitative estimate of drug-likeness (QED) is 0.743.